The number of rotatable bonds is 4. The molecule has 7 heteroatoms. The lowest BCUT2D eigenvalue weighted by molar-refractivity contribution is 0.102. The van der Waals surface area contributed by atoms with Crippen molar-refractivity contribution in [1.29, 1.82) is 0 Å². The van der Waals surface area contributed by atoms with Gasteiger partial charge in [0, 0.05) is 55.0 Å². The van der Waals surface area contributed by atoms with Gasteiger partial charge in [-0.3, -0.25) is 9.36 Å². The Morgan fingerprint density at radius 2 is 1.72 bits per heavy atom. The summed E-state index contributed by atoms with van der Waals surface area (Å²) >= 11 is 0. The number of carbonyl (C=O) groups is 1. The van der Waals surface area contributed by atoms with E-state index in [4.69, 9.17) is 4.52 Å². The first kappa shape index (κ1) is 19.3. The molecule has 0 bridgehead atoms. The van der Waals surface area contributed by atoms with Crippen LogP contribution in [0.25, 0.3) is 5.82 Å². The molecule has 0 aliphatic carbocycles. The van der Waals surface area contributed by atoms with Crippen molar-refractivity contribution >= 4 is 17.3 Å². The minimum absolute atomic E-state index is 0.128. The Morgan fingerprint density at radius 1 is 1.03 bits per heavy atom. The van der Waals surface area contributed by atoms with Crippen LogP contribution in [0.5, 0.6) is 0 Å². The lowest BCUT2D eigenvalue weighted by Crippen LogP contribution is -2.44. The fourth-order valence-electron chi connectivity index (χ4n) is 3.82. The van der Waals surface area contributed by atoms with Gasteiger partial charge in [0.1, 0.15) is 5.76 Å². The summed E-state index contributed by atoms with van der Waals surface area (Å²) in [5.74, 6) is 1.30. The highest BCUT2D eigenvalue weighted by Crippen LogP contribution is 2.23. The maximum Gasteiger partial charge on any atom is 0.257 e. The Morgan fingerprint density at radius 3 is 2.34 bits per heavy atom. The van der Waals surface area contributed by atoms with Gasteiger partial charge in [-0.15, -0.1) is 0 Å². The Labute approximate surface area is 170 Å². The summed E-state index contributed by atoms with van der Waals surface area (Å²) < 4.78 is 7.12. The Hall–Kier alpha value is -3.06. The lowest BCUT2D eigenvalue weighted by atomic mass is 10.2. The summed E-state index contributed by atoms with van der Waals surface area (Å²) in [6.07, 6.45) is 0. The van der Waals surface area contributed by atoms with Crippen LogP contribution in [0.15, 0.2) is 40.9 Å². The van der Waals surface area contributed by atoms with E-state index in [0.717, 1.165) is 49.0 Å². The zero-order chi connectivity index (χ0) is 20.5. The summed E-state index contributed by atoms with van der Waals surface area (Å²) in [5.41, 5.74) is 4.38. The Balaban J connectivity index is 1.48. The number of benzene rings is 1. The second-order valence-corrected chi connectivity index (χ2v) is 7.71. The van der Waals surface area contributed by atoms with Crippen molar-refractivity contribution in [2.24, 2.45) is 0 Å². The van der Waals surface area contributed by atoms with Gasteiger partial charge in [-0.05, 0) is 58.2 Å². The first-order valence-electron chi connectivity index (χ1n) is 9.90. The van der Waals surface area contributed by atoms with E-state index in [1.807, 2.05) is 49.6 Å². The standard InChI is InChI=1S/C22H27N5O2/c1-15-13-20(17(3)27(15)21-14-16(2)29-24-21)22(28)23-18-5-7-19(8-6-18)26-11-9-25(4)10-12-26/h5-8,13-14H,9-12H2,1-4H3,(H,23,28). The number of nitrogens with one attached hydrogen (secondary N) is 1. The topological polar surface area (TPSA) is 66.5 Å². The predicted octanol–water partition coefficient (Wildman–Crippen LogP) is 3.39. The molecule has 1 fully saturated rings. The smallest absolute Gasteiger partial charge is 0.257 e. The summed E-state index contributed by atoms with van der Waals surface area (Å²) in [7, 11) is 2.15. The van der Waals surface area contributed by atoms with Gasteiger partial charge in [-0.25, -0.2) is 0 Å². The molecule has 2 aromatic heterocycles. The molecule has 1 aliphatic heterocycles. The van der Waals surface area contributed by atoms with Gasteiger partial charge in [0.05, 0.1) is 5.56 Å². The van der Waals surface area contributed by atoms with Gasteiger partial charge < -0.3 is 19.6 Å². The van der Waals surface area contributed by atoms with E-state index in [1.165, 1.54) is 5.69 Å². The lowest BCUT2D eigenvalue weighted by Gasteiger charge is -2.34. The van der Waals surface area contributed by atoms with Crippen molar-refractivity contribution in [2.45, 2.75) is 20.8 Å². The molecule has 1 aliphatic rings. The molecule has 0 radical (unpaired) electrons. The van der Waals surface area contributed by atoms with Crippen LogP contribution in [-0.4, -0.2) is 53.8 Å². The highest BCUT2D eigenvalue weighted by molar-refractivity contribution is 6.05. The van der Waals surface area contributed by atoms with Crippen molar-refractivity contribution in [3.63, 3.8) is 0 Å². The molecule has 152 valence electrons. The van der Waals surface area contributed by atoms with Gasteiger partial charge in [0.2, 0.25) is 0 Å². The zero-order valence-electron chi connectivity index (χ0n) is 17.4. The Kier molecular flexibility index (Phi) is 5.15. The summed E-state index contributed by atoms with van der Waals surface area (Å²) in [5, 5.41) is 7.08. The number of anilines is 2. The molecule has 0 spiro atoms. The second-order valence-electron chi connectivity index (χ2n) is 7.71. The average molecular weight is 393 g/mol. The van der Waals surface area contributed by atoms with Gasteiger partial charge in [-0.1, -0.05) is 5.16 Å². The van der Waals surface area contributed by atoms with Crippen molar-refractivity contribution in [3.05, 3.63) is 59.1 Å². The van der Waals surface area contributed by atoms with E-state index >= 15 is 0 Å². The molecule has 3 aromatic rings. The quantitative estimate of drug-likeness (QED) is 0.736. The maximum atomic E-state index is 12.9. The van der Waals surface area contributed by atoms with Crippen molar-refractivity contribution in [2.75, 3.05) is 43.4 Å². The van der Waals surface area contributed by atoms with E-state index in [-0.39, 0.29) is 5.91 Å². The van der Waals surface area contributed by atoms with Gasteiger partial charge in [-0.2, -0.15) is 0 Å². The van der Waals surface area contributed by atoms with Crippen LogP contribution in [0.1, 0.15) is 27.5 Å². The average Bonchev–Trinajstić information content (AvgIpc) is 3.25. The van der Waals surface area contributed by atoms with Gasteiger partial charge in [0.25, 0.3) is 5.91 Å². The van der Waals surface area contributed by atoms with Crippen LogP contribution in [0.2, 0.25) is 0 Å². The predicted molar refractivity (Wildman–Crippen MR) is 114 cm³/mol. The van der Waals surface area contributed by atoms with E-state index in [0.29, 0.717) is 11.4 Å². The monoisotopic (exact) mass is 393 g/mol. The van der Waals surface area contributed by atoms with Crippen LogP contribution in [-0.2, 0) is 0 Å². The number of hydrogen-bond acceptors (Lipinski definition) is 5. The number of carbonyl (C=O) groups excluding carboxylic acids is 1. The molecule has 1 amide bonds. The largest absolute Gasteiger partial charge is 0.369 e. The molecule has 0 unspecified atom stereocenters. The number of aromatic nitrogens is 2. The van der Waals surface area contributed by atoms with E-state index in [9.17, 15) is 4.79 Å². The molecule has 4 rings (SSSR count). The van der Waals surface area contributed by atoms with E-state index < -0.39 is 0 Å². The minimum atomic E-state index is -0.128. The normalized spacial score (nSPS) is 15.0. The third kappa shape index (κ3) is 3.91. The van der Waals surface area contributed by atoms with Crippen LogP contribution < -0.4 is 10.2 Å². The van der Waals surface area contributed by atoms with E-state index in [2.05, 4.69) is 39.5 Å². The van der Waals surface area contributed by atoms with Crippen LogP contribution in [0.3, 0.4) is 0 Å². The molecule has 3 heterocycles. The zero-order valence-corrected chi connectivity index (χ0v) is 17.4. The maximum absolute atomic E-state index is 12.9. The first-order valence-corrected chi connectivity index (χ1v) is 9.90. The molecule has 1 N–H and O–H groups in total. The molecule has 1 saturated heterocycles. The van der Waals surface area contributed by atoms with Crippen LogP contribution in [0.4, 0.5) is 11.4 Å². The number of hydrogen-bond donors (Lipinski definition) is 1. The molecule has 7 nitrogen and oxygen atoms in total. The van der Waals surface area contributed by atoms with Crippen molar-refractivity contribution in [1.82, 2.24) is 14.6 Å². The summed E-state index contributed by atoms with van der Waals surface area (Å²) in [4.78, 5) is 17.6. The molecule has 1 aromatic carbocycles. The van der Waals surface area contributed by atoms with Gasteiger partial charge >= 0.3 is 0 Å². The third-order valence-corrected chi connectivity index (χ3v) is 5.51. The number of piperazine rings is 1. The first-order chi connectivity index (χ1) is 13.9. The summed E-state index contributed by atoms with van der Waals surface area (Å²) in [6.45, 7) is 9.91. The number of likely N-dealkylation sites (N-methyl/N-ethyl adjacent to an activating group) is 1. The SMILES string of the molecule is Cc1cc(-n2c(C)cc(C(=O)Nc3ccc(N4CCN(C)CC4)cc3)c2C)no1. The molecular weight excluding hydrogens is 366 g/mol. The van der Waals surface area contributed by atoms with Crippen molar-refractivity contribution < 1.29 is 9.32 Å². The van der Waals surface area contributed by atoms with Crippen LogP contribution in [0, 0.1) is 20.8 Å². The molecular formula is C22H27N5O2. The van der Waals surface area contributed by atoms with Gasteiger partial charge in [0.15, 0.2) is 5.82 Å². The summed E-state index contributed by atoms with van der Waals surface area (Å²) in [6, 6.07) is 11.8. The number of nitrogens with zero attached hydrogens (tertiary/aromatic N) is 4. The third-order valence-electron chi connectivity index (χ3n) is 5.51. The fourth-order valence-corrected chi connectivity index (χ4v) is 3.82. The molecule has 0 saturated carbocycles. The van der Waals surface area contributed by atoms with Crippen molar-refractivity contribution in [3.8, 4) is 5.82 Å². The second kappa shape index (κ2) is 7.75. The Bertz CT molecular complexity index is 1010. The minimum Gasteiger partial charge on any atom is -0.369 e. The van der Waals surface area contributed by atoms with E-state index in [1.54, 1.807) is 0 Å². The molecule has 0 atom stereocenters. The highest BCUT2D eigenvalue weighted by atomic mass is 16.5. The number of aryl methyl sites for hydroxylation is 2. The number of amides is 1. The fraction of sp³-hybridized carbons (Fsp3) is 0.364. The molecule has 29 heavy (non-hydrogen) atoms. The van der Waals surface area contributed by atoms with Crippen LogP contribution >= 0.6 is 0 Å². The highest BCUT2D eigenvalue weighted by Gasteiger charge is 2.19.